The van der Waals surface area contributed by atoms with Crippen LogP contribution in [-0.2, 0) is 6.42 Å². The number of hydrogen-bond donors (Lipinski definition) is 2. The predicted molar refractivity (Wildman–Crippen MR) is 62.1 cm³/mol. The molecule has 0 atom stereocenters. The smallest absolute Gasteiger partial charge is 0.338 e. The maximum Gasteiger partial charge on any atom is 0.338 e. The van der Waals surface area contributed by atoms with Crippen molar-refractivity contribution in [3.63, 3.8) is 0 Å². The molecular formula is C12H11FN2O3. The van der Waals surface area contributed by atoms with Gasteiger partial charge < -0.3 is 14.8 Å². The summed E-state index contributed by atoms with van der Waals surface area (Å²) in [4.78, 5) is 14.5. The molecule has 2 heterocycles. The van der Waals surface area contributed by atoms with Crippen molar-refractivity contribution in [3.8, 4) is 0 Å². The van der Waals surface area contributed by atoms with Crippen molar-refractivity contribution in [1.82, 2.24) is 4.98 Å². The molecule has 0 radical (unpaired) electrons. The Bertz CT molecular complexity index is 540. The van der Waals surface area contributed by atoms with Crippen LogP contribution in [0.15, 0.2) is 35.1 Å². The number of halogens is 1. The van der Waals surface area contributed by atoms with Gasteiger partial charge in [-0.1, -0.05) is 0 Å². The Kier molecular flexibility index (Phi) is 3.57. The van der Waals surface area contributed by atoms with Crippen molar-refractivity contribution in [2.24, 2.45) is 0 Å². The Morgan fingerprint density at radius 2 is 2.33 bits per heavy atom. The molecule has 0 saturated heterocycles. The van der Waals surface area contributed by atoms with Crippen LogP contribution < -0.4 is 5.32 Å². The van der Waals surface area contributed by atoms with Crippen LogP contribution >= 0.6 is 0 Å². The van der Waals surface area contributed by atoms with Gasteiger partial charge in [-0.25, -0.2) is 14.2 Å². The summed E-state index contributed by atoms with van der Waals surface area (Å²) in [5.74, 6) is -1.48. The van der Waals surface area contributed by atoms with Gasteiger partial charge in [-0.15, -0.1) is 0 Å². The van der Waals surface area contributed by atoms with E-state index in [4.69, 9.17) is 9.52 Å². The van der Waals surface area contributed by atoms with Crippen LogP contribution in [0.1, 0.15) is 16.1 Å². The monoisotopic (exact) mass is 250 g/mol. The average molecular weight is 250 g/mol. The number of anilines is 1. The quantitative estimate of drug-likeness (QED) is 0.850. The number of carboxylic acid groups (broad SMARTS) is 1. The number of nitrogens with one attached hydrogen (secondary N) is 1. The number of hydrogen-bond acceptors (Lipinski definition) is 4. The molecule has 18 heavy (non-hydrogen) atoms. The van der Waals surface area contributed by atoms with E-state index in [0.29, 0.717) is 13.0 Å². The Hall–Kier alpha value is -2.37. The van der Waals surface area contributed by atoms with E-state index in [9.17, 15) is 9.18 Å². The molecule has 0 saturated carbocycles. The molecule has 0 aliphatic heterocycles. The van der Waals surface area contributed by atoms with Gasteiger partial charge in [-0.3, -0.25) is 0 Å². The highest BCUT2D eigenvalue weighted by Gasteiger charge is 2.14. The van der Waals surface area contributed by atoms with Gasteiger partial charge in [-0.2, -0.15) is 0 Å². The van der Waals surface area contributed by atoms with Crippen LogP contribution in [0.5, 0.6) is 0 Å². The second-order valence-corrected chi connectivity index (χ2v) is 3.58. The fraction of sp³-hybridized carbons (Fsp3) is 0.167. The SMILES string of the molecule is O=C(O)c1ccnc(NCCc2ccco2)c1F. The molecule has 0 spiro atoms. The summed E-state index contributed by atoms with van der Waals surface area (Å²) in [5, 5.41) is 11.5. The van der Waals surface area contributed by atoms with Crippen LogP contribution in [0, 0.1) is 5.82 Å². The molecule has 0 aliphatic carbocycles. The molecule has 5 nitrogen and oxygen atoms in total. The molecule has 0 bridgehead atoms. The summed E-state index contributed by atoms with van der Waals surface area (Å²) >= 11 is 0. The topological polar surface area (TPSA) is 75.4 Å². The lowest BCUT2D eigenvalue weighted by molar-refractivity contribution is 0.0692. The number of furan rings is 1. The third-order valence-electron chi connectivity index (χ3n) is 2.36. The molecule has 2 aromatic rings. The largest absolute Gasteiger partial charge is 0.478 e. The first-order valence-electron chi connectivity index (χ1n) is 5.32. The lowest BCUT2D eigenvalue weighted by Gasteiger charge is -2.06. The van der Waals surface area contributed by atoms with Crippen molar-refractivity contribution in [1.29, 1.82) is 0 Å². The minimum Gasteiger partial charge on any atom is -0.478 e. The Morgan fingerprint density at radius 3 is 3.00 bits per heavy atom. The van der Waals surface area contributed by atoms with Crippen LogP contribution in [0.25, 0.3) is 0 Å². The first-order valence-corrected chi connectivity index (χ1v) is 5.32. The molecule has 0 fully saturated rings. The van der Waals surface area contributed by atoms with Crippen molar-refractivity contribution in [3.05, 3.63) is 47.8 Å². The number of rotatable bonds is 5. The predicted octanol–water partition coefficient (Wildman–Crippen LogP) is 2.17. The highest BCUT2D eigenvalue weighted by atomic mass is 19.1. The Labute approximate surface area is 102 Å². The number of aromatic nitrogens is 1. The molecule has 6 heteroatoms. The van der Waals surface area contributed by atoms with E-state index in [0.717, 1.165) is 11.8 Å². The lowest BCUT2D eigenvalue weighted by Crippen LogP contribution is -2.10. The summed E-state index contributed by atoms with van der Waals surface area (Å²) in [7, 11) is 0. The maximum absolute atomic E-state index is 13.7. The van der Waals surface area contributed by atoms with E-state index in [1.807, 2.05) is 0 Å². The summed E-state index contributed by atoms with van der Waals surface area (Å²) in [5.41, 5.74) is -0.398. The van der Waals surface area contributed by atoms with Gasteiger partial charge in [0.15, 0.2) is 11.6 Å². The van der Waals surface area contributed by atoms with E-state index in [1.165, 1.54) is 6.20 Å². The fourth-order valence-electron chi connectivity index (χ4n) is 1.49. The van der Waals surface area contributed by atoms with Crippen molar-refractivity contribution >= 4 is 11.8 Å². The second kappa shape index (κ2) is 5.31. The van der Waals surface area contributed by atoms with Gasteiger partial charge in [0.2, 0.25) is 0 Å². The van der Waals surface area contributed by atoms with Gasteiger partial charge >= 0.3 is 5.97 Å². The summed E-state index contributed by atoms with van der Waals surface area (Å²) in [6, 6.07) is 4.69. The molecule has 0 aromatic carbocycles. The summed E-state index contributed by atoms with van der Waals surface area (Å²) in [6.07, 6.45) is 3.37. The van der Waals surface area contributed by atoms with Crippen LogP contribution in [0.3, 0.4) is 0 Å². The molecule has 2 rings (SSSR count). The minimum atomic E-state index is -1.32. The zero-order valence-corrected chi connectivity index (χ0v) is 9.39. The number of aromatic carboxylic acids is 1. The van der Waals surface area contributed by atoms with E-state index in [2.05, 4.69) is 10.3 Å². The lowest BCUT2D eigenvalue weighted by atomic mass is 10.2. The van der Waals surface area contributed by atoms with Crippen LogP contribution in [0.2, 0.25) is 0 Å². The maximum atomic E-state index is 13.7. The normalized spacial score (nSPS) is 10.3. The number of pyridine rings is 1. The molecule has 0 unspecified atom stereocenters. The highest BCUT2D eigenvalue weighted by molar-refractivity contribution is 5.88. The third kappa shape index (κ3) is 2.65. The first kappa shape index (κ1) is 12.1. The molecule has 0 aliphatic rings. The molecule has 2 N–H and O–H groups in total. The van der Waals surface area contributed by atoms with E-state index >= 15 is 0 Å². The zero-order chi connectivity index (χ0) is 13.0. The molecular weight excluding hydrogens is 239 g/mol. The van der Waals surface area contributed by atoms with E-state index < -0.39 is 17.3 Å². The molecule has 0 amide bonds. The van der Waals surface area contributed by atoms with E-state index in [-0.39, 0.29) is 5.82 Å². The zero-order valence-electron chi connectivity index (χ0n) is 9.39. The third-order valence-corrected chi connectivity index (χ3v) is 2.36. The Morgan fingerprint density at radius 1 is 1.50 bits per heavy atom. The molecule has 94 valence electrons. The number of carbonyl (C=O) groups is 1. The van der Waals surface area contributed by atoms with Crippen molar-refractivity contribution < 1.29 is 18.7 Å². The van der Waals surface area contributed by atoms with Crippen LogP contribution in [-0.4, -0.2) is 22.6 Å². The fourth-order valence-corrected chi connectivity index (χ4v) is 1.49. The minimum absolute atomic E-state index is 0.0681. The van der Waals surface area contributed by atoms with Gasteiger partial charge in [0.25, 0.3) is 0 Å². The van der Waals surface area contributed by atoms with Gasteiger partial charge in [0.1, 0.15) is 11.3 Å². The van der Waals surface area contributed by atoms with E-state index in [1.54, 1.807) is 18.4 Å². The number of carboxylic acids is 1. The van der Waals surface area contributed by atoms with Gasteiger partial charge in [-0.05, 0) is 18.2 Å². The van der Waals surface area contributed by atoms with Crippen molar-refractivity contribution in [2.75, 3.05) is 11.9 Å². The second-order valence-electron chi connectivity index (χ2n) is 3.58. The average Bonchev–Trinajstić information content (AvgIpc) is 2.84. The first-order chi connectivity index (χ1) is 8.68. The highest BCUT2D eigenvalue weighted by Crippen LogP contribution is 2.15. The summed E-state index contributed by atoms with van der Waals surface area (Å²) < 4.78 is 18.8. The van der Waals surface area contributed by atoms with Gasteiger partial charge in [0, 0.05) is 19.2 Å². The molecule has 2 aromatic heterocycles. The van der Waals surface area contributed by atoms with Crippen LogP contribution in [0.4, 0.5) is 10.2 Å². The number of nitrogens with zero attached hydrogens (tertiary/aromatic N) is 1. The van der Waals surface area contributed by atoms with Gasteiger partial charge in [0.05, 0.1) is 6.26 Å². The van der Waals surface area contributed by atoms with Crippen molar-refractivity contribution in [2.45, 2.75) is 6.42 Å². The standard InChI is InChI=1S/C12H11FN2O3/c13-10-9(12(16)17)4-6-15-11(10)14-5-3-8-2-1-7-18-8/h1-2,4,6-7H,3,5H2,(H,14,15)(H,16,17). The summed E-state index contributed by atoms with van der Waals surface area (Å²) in [6.45, 7) is 0.403. The Balaban J connectivity index is 2.01.